The summed E-state index contributed by atoms with van der Waals surface area (Å²) in [5.74, 6) is -0.431. The van der Waals surface area contributed by atoms with Crippen molar-refractivity contribution in [2.24, 2.45) is 0 Å². The fourth-order valence-corrected chi connectivity index (χ4v) is 3.75. The first-order chi connectivity index (χ1) is 16.6. The Bertz CT molecular complexity index is 1390. The van der Waals surface area contributed by atoms with Gasteiger partial charge in [0, 0.05) is 22.0 Å². The highest BCUT2D eigenvalue weighted by Crippen LogP contribution is 2.29. The molecule has 0 fully saturated rings. The number of unbranched alkanes of at least 4 members (excludes halogenated alkanes) is 1. The lowest BCUT2D eigenvalue weighted by atomic mass is 10.0. The summed E-state index contributed by atoms with van der Waals surface area (Å²) in [4.78, 5) is 50.4. The van der Waals surface area contributed by atoms with Gasteiger partial charge in [-0.1, -0.05) is 50.4 Å². The fourth-order valence-electron chi connectivity index (χ4n) is 3.14. The Morgan fingerprint density at radius 2 is 1.83 bits per heavy atom. The van der Waals surface area contributed by atoms with Crippen molar-refractivity contribution in [2.75, 3.05) is 11.9 Å². The lowest BCUT2D eigenvalue weighted by Crippen LogP contribution is -2.34. The molecule has 3 aromatic rings. The Balaban J connectivity index is 1.92. The molecule has 0 aliphatic heterocycles. The zero-order valence-corrected chi connectivity index (χ0v) is 20.8. The molecule has 1 aromatic carbocycles. The van der Waals surface area contributed by atoms with E-state index in [1.54, 1.807) is 6.07 Å². The number of carbonyl (C=O) groups is 1. The summed E-state index contributed by atoms with van der Waals surface area (Å²) in [5, 5.41) is 13.1. The Kier molecular flexibility index (Phi) is 8.47. The summed E-state index contributed by atoms with van der Waals surface area (Å²) in [6.45, 7) is 5.90. The van der Waals surface area contributed by atoms with Gasteiger partial charge in [0.2, 0.25) is 5.82 Å². The molecule has 186 valence electrons. The van der Waals surface area contributed by atoms with Gasteiger partial charge in [-0.05, 0) is 36.1 Å². The maximum atomic E-state index is 12.4. The van der Waals surface area contributed by atoms with E-state index in [1.807, 2.05) is 20.8 Å². The zero-order valence-electron chi connectivity index (χ0n) is 19.3. The van der Waals surface area contributed by atoms with E-state index < -0.39 is 23.2 Å². The van der Waals surface area contributed by atoms with Crippen molar-refractivity contribution in [1.29, 1.82) is 0 Å². The number of halogens is 2. The number of rotatable bonds is 8. The van der Waals surface area contributed by atoms with Gasteiger partial charge in [-0.3, -0.25) is 19.9 Å². The van der Waals surface area contributed by atoms with Crippen molar-refractivity contribution >= 4 is 35.1 Å². The smallest absolute Gasteiger partial charge is 0.413 e. The average Bonchev–Trinajstić information content (AvgIpc) is 2.79. The van der Waals surface area contributed by atoms with E-state index in [9.17, 15) is 19.2 Å². The molecule has 0 bridgehead atoms. The second-order valence-electron chi connectivity index (χ2n) is 8.00. The lowest BCUT2D eigenvalue weighted by Gasteiger charge is -2.12. The molecule has 1 amide bonds. The second kappa shape index (κ2) is 11.3. The van der Waals surface area contributed by atoms with Crippen LogP contribution in [0.25, 0.3) is 5.69 Å². The van der Waals surface area contributed by atoms with E-state index in [0.29, 0.717) is 23.2 Å². The number of anilines is 1. The third-order valence-corrected chi connectivity index (χ3v) is 5.69. The van der Waals surface area contributed by atoms with Crippen LogP contribution in [-0.4, -0.2) is 37.7 Å². The Morgan fingerprint density at radius 1 is 1.14 bits per heavy atom. The van der Waals surface area contributed by atoms with Crippen LogP contribution in [0.5, 0.6) is 0 Å². The van der Waals surface area contributed by atoms with Crippen molar-refractivity contribution in [3.05, 3.63) is 76.3 Å². The SMILES string of the molecule is CCCCOC(=O)Nc1nn(-c2cc(Cl)c(Cc3cc(C(C)C)c(=O)[nH]n3)c(Cl)c2)c(=O)[nH]c1=O. The first kappa shape index (κ1) is 26.2. The number of nitrogens with zero attached hydrogens (tertiary/aromatic N) is 3. The summed E-state index contributed by atoms with van der Waals surface area (Å²) >= 11 is 12.9. The van der Waals surface area contributed by atoms with E-state index in [-0.39, 0.29) is 40.2 Å². The molecular weight excluding hydrogens is 499 g/mol. The number of aromatic nitrogens is 5. The highest BCUT2D eigenvalue weighted by atomic mass is 35.5. The van der Waals surface area contributed by atoms with Gasteiger partial charge in [-0.2, -0.15) is 9.78 Å². The van der Waals surface area contributed by atoms with Gasteiger partial charge >= 0.3 is 11.8 Å². The molecule has 35 heavy (non-hydrogen) atoms. The molecule has 13 heteroatoms. The number of H-pyrrole nitrogens is 2. The van der Waals surface area contributed by atoms with Crippen LogP contribution in [-0.2, 0) is 11.2 Å². The predicted octanol–water partition coefficient (Wildman–Crippen LogP) is 3.37. The van der Waals surface area contributed by atoms with Crippen molar-refractivity contribution in [3.8, 4) is 5.69 Å². The number of ether oxygens (including phenoxy) is 1. The molecule has 2 heterocycles. The molecule has 0 radical (unpaired) electrons. The predicted molar refractivity (Wildman–Crippen MR) is 132 cm³/mol. The molecule has 0 saturated carbocycles. The number of benzene rings is 1. The molecule has 0 spiro atoms. The van der Waals surface area contributed by atoms with Gasteiger partial charge in [0.05, 0.1) is 18.0 Å². The van der Waals surface area contributed by atoms with E-state index >= 15 is 0 Å². The quantitative estimate of drug-likeness (QED) is 0.383. The number of aromatic amines is 2. The average molecular weight is 523 g/mol. The van der Waals surface area contributed by atoms with Gasteiger partial charge in [-0.25, -0.2) is 14.7 Å². The number of amides is 1. The van der Waals surface area contributed by atoms with Gasteiger partial charge < -0.3 is 4.74 Å². The Morgan fingerprint density at radius 3 is 2.46 bits per heavy atom. The molecule has 3 rings (SSSR count). The summed E-state index contributed by atoms with van der Waals surface area (Å²) in [5.41, 5.74) is -0.209. The van der Waals surface area contributed by atoms with Crippen LogP contribution in [0, 0.1) is 0 Å². The van der Waals surface area contributed by atoms with Crippen LogP contribution < -0.4 is 22.1 Å². The van der Waals surface area contributed by atoms with E-state index in [4.69, 9.17) is 27.9 Å². The molecule has 3 N–H and O–H groups in total. The van der Waals surface area contributed by atoms with Crippen LogP contribution >= 0.6 is 23.2 Å². The minimum atomic E-state index is -0.891. The summed E-state index contributed by atoms with van der Waals surface area (Å²) in [6.07, 6.45) is 0.833. The second-order valence-corrected chi connectivity index (χ2v) is 8.81. The molecule has 0 saturated heterocycles. The topological polar surface area (TPSA) is 152 Å². The number of nitrogens with one attached hydrogen (secondary N) is 3. The summed E-state index contributed by atoms with van der Waals surface area (Å²) in [7, 11) is 0. The fraction of sp³-hybridized carbons (Fsp3) is 0.364. The van der Waals surface area contributed by atoms with Crippen molar-refractivity contribution in [2.45, 2.75) is 46.0 Å². The largest absolute Gasteiger partial charge is 0.449 e. The van der Waals surface area contributed by atoms with Crippen LogP contribution in [0.2, 0.25) is 10.0 Å². The zero-order chi connectivity index (χ0) is 25.7. The minimum Gasteiger partial charge on any atom is -0.449 e. The molecule has 2 aromatic heterocycles. The maximum Gasteiger partial charge on any atom is 0.413 e. The summed E-state index contributed by atoms with van der Waals surface area (Å²) < 4.78 is 5.80. The van der Waals surface area contributed by atoms with E-state index in [1.165, 1.54) is 12.1 Å². The van der Waals surface area contributed by atoms with Gasteiger partial charge in [-0.15, -0.1) is 5.10 Å². The van der Waals surface area contributed by atoms with Crippen molar-refractivity contribution < 1.29 is 9.53 Å². The van der Waals surface area contributed by atoms with Gasteiger partial charge in [0.25, 0.3) is 11.1 Å². The number of carbonyl (C=O) groups excluding carboxylic acids is 1. The van der Waals surface area contributed by atoms with Crippen LogP contribution in [0.1, 0.15) is 56.4 Å². The molecule has 11 nitrogen and oxygen atoms in total. The number of hydrogen-bond acceptors (Lipinski definition) is 7. The molecule has 0 unspecified atom stereocenters. The highest BCUT2D eigenvalue weighted by molar-refractivity contribution is 6.36. The molecular formula is C22H24Cl2N6O5. The van der Waals surface area contributed by atoms with Gasteiger partial charge in [0.1, 0.15) is 0 Å². The van der Waals surface area contributed by atoms with Crippen molar-refractivity contribution in [1.82, 2.24) is 25.0 Å². The Labute approximate surface area is 209 Å². The first-order valence-electron chi connectivity index (χ1n) is 10.8. The minimum absolute atomic E-state index is 0.00117. The third-order valence-electron chi connectivity index (χ3n) is 5.02. The summed E-state index contributed by atoms with van der Waals surface area (Å²) in [6, 6.07) is 4.57. The monoisotopic (exact) mass is 522 g/mol. The maximum absolute atomic E-state index is 12.4. The highest BCUT2D eigenvalue weighted by Gasteiger charge is 2.17. The van der Waals surface area contributed by atoms with Gasteiger partial charge in [0.15, 0.2) is 0 Å². The van der Waals surface area contributed by atoms with Crippen LogP contribution in [0.4, 0.5) is 10.6 Å². The van der Waals surface area contributed by atoms with Crippen LogP contribution in [0.15, 0.2) is 32.6 Å². The standard InChI is InChI=1S/C22H24Cl2N6O5/c1-4-5-6-35-22(34)25-18-20(32)26-21(33)30(29-18)13-9-16(23)15(17(24)10-13)8-12-7-14(11(2)3)19(31)28-27-12/h7,9-11H,4-6,8H2,1-3H3,(H,28,31)(H,25,29,34)(H,26,32,33). The van der Waals surface area contributed by atoms with Crippen molar-refractivity contribution in [3.63, 3.8) is 0 Å². The third kappa shape index (κ3) is 6.37. The van der Waals surface area contributed by atoms with Crippen LogP contribution in [0.3, 0.4) is 0 Å². The lowest BCUT2D eigenvalue weighted by molar-refractivity contribution is 0.159. The normalized spacial score (nSPS) is 11.0. The number of hydrogen-bond donors (Lipinski definition) is 3. The Hall–Kier alpha value is -3.44. The molecule has 0 aliphatic carbocycles. The first-order valence-corrected chi connectivity index (χ1v) is 11.6. The van der Waals surface area contributed by atoms with E-state index in [2.05, 4.69) is 25.6 Å². The molecule has 0 aliphatic rings. The van der Waals surface area contributed by atoms with E-state index in [0.717, 1.165) is 11.1 Å². The molecule has 0 atom stereocenters.